The molecule has 0 aliphatic carbocycles. The first-order chi connectivity index (χ1) is 14.1. The highest BCUT2D eigenvalue weighted by Gasteiger charge is 2.35. The molecule has 2 amide bonds. The Hall–Kier alpha value is -2.16. The Morgan fingerprint density at radius 1 is 1.27 bits per heavy atom. The van der Waals surface area contributed by atoms with Crippen LogP contribution in [0.2, 0.25) is 0 Å². The first-order valence-electron chi connectivity index (χ1n) is 10.6. The van der Waals surface area contributed by atoms with Crippen molar-refractivity contribution in [2.75, 3.05) is 18.0 Å². The van der Waals surface area contributed by atoms with Gasteiger partial charge in [-0.3, -0.25) is 14.5 Å². The van der Waals surface area contributed by atoms with Crippen LogP contribution in [0, 0.1) is 0 Å². The molecule has 0 bridgehead atoms. The Labute approximate surface area is 181 Å². The molecule has 30 heavy (non-hydrogen) atoms. The van der Waals surface area contributed by atoms with Gasteiger partial charge in [0, 0.05) is 24.9 Å². The van der Waals surface area contributed by atoms with E-state index in [4.69, 9.17) is 9.47 Å². The molecule has 8 nitrogen and oxygen atoms in total. The average Bonchev–Trinajstić information content (AvgIpc) is 3.28. The van der Waals surface area contributed by atoms with Gasteiger partial charge in [0.05, 0.1) is 18.2 Å². The Kier molecular flexibility index (Phi) is 7.00. The number of hydrogen-bond acceptors (Lipinski definition) is 7. The number of hydrogen-bond donors (Lipinski definition) is 0. The third-order valence-electron chi connectivity index (χ3n) is 5.21. The zero-order valence-corrected chi connectivity index (χ0v) is 19.0. The summed E-state index contributed by atoms with van der Waals surface area (Å²) in [6, 6.07) is -0.203. The molecular weight excluding hydrogens is 406 g/mol. The second kappa shape index (κ2) is 9.32. The average molecular weight is 438 g/mol. The molecular formula is C21H31N3O5S. The van der Waals surface area contributed by atoms with Crippen LogP contribution in [-0.2, 0) is 25.5 Å². The van der Waals surface area contributed by atoms with Crippen molar-refractivity contribution in [1.29, 1.82) is 0 Å². The third kappa shape index (κ3) is 5.71. The summed E-state index contributed by atoms with van der Waals surface area (Å²) in [4.78, 5) is 44.7. The van der Waals surface area contributed by atoms with Crippen molar-refractivity contribution in [1.82, 2.24) is 9.88 Å². The first-order valence-corrected chi connectivity index (χ1v) is 11.5. The molecule has 1 aromatic heterocycles. The number of piperidine rings is 1. The fourth-order valence-corrected chi connectivity index (χ4v) is 4.69. The van der Waals surface area contributed by atoms with Crippen LogP contribution >= 0.6 is 11.3 Å². The van der Waals surface area contributed by atoms with E-state index in [-0.39, 0.29) is 30.4 Å². The molecule has 166 valence electrons. The van der Waals surface area contributed by atoms with Crippen LogP contribution in [0.25, 0.3) is 0 Å². The molecule has 2 fully saturated rings. The number of esters is 1. The number of likely N-dealkylation sites (tertiary alicyclic amines) is 1. The van der Waals surface area contributed by atoms with Gasteiger partial charge in [-0.25, -0.2) is 9.78 Å². The maximum Gasteiger partial charge on any atom is 0.410 e. The van der Waals surface area contributed by atoms with E-state index in [1.54, 1.807) is 15.2 Å². The highest BCUT2D eigenvalue weighted by atomic mass is 32.1. The summed E-state index contributed by atoms with van der Waals surface area (Å²) in [6.45, 7) is 8.61. The number of anilines is 1. The topological polar surface area (TPSA) is 89.0 Å². The molecule has 9 heteroatoms. The molecule has 0 N–H and O–H groups in total. The summed E-state index contributed by atoms with van der Waals surface area (Å²) in [5, 5.41) is 2.43. The Morgan fingerprint density at radius 2 is 2.03 bits per heavy atom. The van der Waals surface area contributed by atoms with Crippen LogP contribution in [0.15, 0.2) is 5.38 Å². The summed E-state index contributed by atoms with van der Waals surface area (Å²) in [5.74, 6) is -0.312. The number of carbonyl (C=O) groups is 3. The van der Waals surface area contributed by atoms with Crippen molar-refractivity contribution in [2.24, 2.45) is 0 Å². The van der Waals surface area contributed by atoms with Crippen LogP contribution in [0.5, 0.6) is 0 Å². The smallest absolute Gasteiger partial charge is 0.410 e. The van der Waals surface area contributed by atoms with E-state index in [2.05, 4.69) is 4.98 Å². The number of thiazole rings is 1. The minimum Gasteiger partial charge on any atom is -0.460 e. The van der Waals surface area contributed by atoms with Crippen molar-refractivity contribution < 1.29 is 23.9 Å². The molecule has 3 rings (SSSR count). The molecule has 0 spiro atoms. The van der Waals surface area contributed by atoms with Crippen LogP contribution < -0.4 is 4.90 Å². The fourth-order valence-electron chi connectivity index (χ4n) is 3.82. The molecule has 2 unspecified atom stereocenters. The van der Waals surface area contributed by atoms with Crippen molar-refractivity contribution in [2.45, 2.75) is 84.0 Å². The lowest BCUT2D eigenvalue weighted by atomic mass is 9.98. The minimum atomic E-state index is -0.571. The van der Waals surface area contributed by atoms with Gasteiger partial charge in [0.25, 0.3) is 0 Å². The van der Waals surface area contributed by atoms with Crippen LogP contribution in [0.3, 0.4) is 0 Å². The maximum atomic E-state index is 12.6. The van der Waals surface area contributed by atoms with Gasteiger partial charge < -0.3 is 14.4 Å². The third-order valence-corrected chi connectivity index (χ3v) is 6.12. The zero-order valence-electron chi connectivity index (χ0n) is 18.2. The number of carbonyl (C=O) groups excluding carboxylic acids is 3. The molecule has 0 saturated carbocycles. The number of nitrogens with zero attached hydrogens (tertiary/aromatic N) is 3. The second-order valence-electron chi connectivity index (χ2n) is 8.88. The standard InChI is InChI=1S/C21H31N3O5S/c1-14(16-8-5-6-10-23(16)20(27)29-21(2,3)4)28-18(26)12-15-13-30-19(22-15)24-11-7-9-17(24)25/h13-14,16H,5-12H2,1-4H3. The monoisotopic (exact) mass is 437 g/mol. The van der Waals surface area contributed by atoms with E-state index in [0.29, 0.717) is 30.3 Å². The van der Waals surface area contributed by atoms with Crippen molar-refractivity contribution >= 4 is 34.4 Å². The highest BCUT2D eigenvalue weighted by molar-refractivity contribution is 7.14. The lowest BCUT2D eigenvalue weighted by Gasteiger charge is -2.39. The van der Waals surface area contributed by atoms with Crippen LogP contribution in [-0.4, -0.2) is 58.7 Å². The second-order valence-corrected chi connectivity index (χ2v) is 9.72. The predicted octanol–water partition coefficient (Wildman–Crippen LogP) is 3.53. The van der Waals surface area contributed by atoms with Crippen molar-refractivity contribution in [3.8, 4) is 0 Å². The molecule has 2 aliphatic rings. The largest absolute Gasteiger partial charge is 0.460 e. The summed E-state index contributed by atoms with van der Waals surface area (Å²) < 4.78 is 11.2. The van der Waals surface area contributed by atoms with E-state index in [9.17, 15) is 14.4 Å². The van der Waals surface area contributed by atoms with Gasteiger partial charge in [0.2, 0.25) is 5.91 Å². The molecule has 3 heterocycles. The van der Waals surface area contributed by atoms with Gasteiger partial charge >= 0.3 is 12.1 Å². The van der Waals surface area contributed by atoms with E-state index in [0.717, 1.165) is 25.7 Å². The highest BCUT2D eigenvalue weighted by Crippen LogP contribution is 2.27. The van der Waals surface area contributed by atoms with Gasteiger partial charge in [-0.2, -0.15) is 0 Å². The van der Waals surface area contributed by atoms with Crippen LogP contribution in [0.4, 0.5) is 9.93 Å². The van der Waals surface area contributed by atoms with Crippen molar-refractivity contribution in [3.63, 3.8) is 0 Å². The van der Waals surface area contributed by atoms with E-state index in [1.807, 2.05) is 27.7 Å². The van der Waals surface area contributed by atoms with Gasteiger partial charge in [0.15, 0.2) is 5.13 Å². The van der Waals surface area contributed by atoms with Crippen LogP contribution in [0.1, 0.15) is 65.5 Å². The molecule has 0 aromatic carbocycles. The number of amides is 2. The van der Waals surface area contributed by atoms with E-state index < -0.39 is 11.7 Å². The van der Waals surface area contributed by atoms with Gasteiger partial charge in [-0.15, -0.1) is 11.3 Å². The van der Waals surface area contributed by atoms with E-state index in [1.165, 1.54) is 11.3 Å². The van der Waals surface area contributed by atoms with Crippen molar-refractivity contribution in [3.05, 3.63) is 11.1 Å². The normalized spacial score (nSPS) is 20.9. The molecule has 2 atom stereocenters. The molecule has 2 saturated heterocycles. The first kappa shape index (κ1) is 22.5. The summed E-state index contributed by atoms with van der Waals surface area (Å²) in [7, 11) is 0. The van der Waals surface area contributed by atoms with E-state index >= 15 is 0 Å². The predicted molar refractivity (Wildman–Crippen MR) is 114 cm³/mol. The Bertz CT molecular complexity index is 788. The Balaban J connectivity index is 1.57. The Morgan fingerprint density at radius 3 is 2.70 bits per heavy atom. The quantitative estimate of drug-likeness (QED) is 0.655. The fraction of sp³-hybridized carbons (Fsp3) is 0.714. The molecule has 2 aliphatic heterocycles. The minimum absolute atomic E-state index is 0.0437. The van der Waals surface area contributed by atoms with Gasteiger partial charge in [0.1, 0.15) is 11.7 Å². The lowest BCUT2D eigenvalue weighted by Crippen LogP contribution is -2.51. The zero-order chi connectivity index (χ0) is 21.9. The van der Waals surface area contributed by atoms with Gasteiger partial charge in [-0.05, 0) is 53.4 Å². The molecule has 0 radical (unpaired) electrons. The summed E-state index contributed by atoms with van der Waals surface area (Å²) >= 11 is 1.37. The number of ether oxygens (including phenoxy) is 2. The summed E-state index contributed by atoms with van der Waals surface area (Å²) in [5.41, 5.74) is 0.0254. The maximum absolute atomic E-state index is 12.6. The SMILES string of the molecule is CC(OC(=O)Cc1csc(N2CCCC2=O)n1)C1CCCCN1C(=O)OC(C)(C)C. The van der Waals surface area contributed by atoms with Gasteiger partial charge in [-0.1, -0.05) is 0 Å². The summed E-state index contributed by atoms with van der Waals surface area (Å²) in [6.07, 6.45) is 3.27. The number of aromatic nitrogens is 1. The molecule has 1 aromatic rings. The number of rotatable bonds is 5. The lowest BCUT2D eigenvalue weighted by molar-refractivity contribution is -0.151.